The van der Waals surface area contributed by atoms with Gasteiger partial charge in [-0.25, -0.2) is 0 Å². The van der Waals surface area contributed by atoms with Gasteiger partial charge in [-0.1, -0.05) is 78.9 Å². The second-order valence-corrected chi connectivity index (χ2v) is 14.8. The van der Waals surface area contributed by atoms with Gasteiger partial charge in [-0.3, -0.25) is 0 Å². The van der Waals surface area contributed by atoms with Gasteiger partial charge in [0.15, 0.2) is 0 Å². The van der Waals surface area contributed by atoms with Gasteiger partial charge in [-0.15, -0.1) is 35.3 Å². The molecule has 36 heavy (non-hydrogen) atoms. The molecule has 0 radical (unpaired) electrons. The van der Waals surface area contributed by atoms with Crippen LogP contribution in [0, 0.1) is 11.8 Å². The molecule has 2 fully saturated rings. The quantitative estimate of drug-likeness (QED) is 0.200. The molecule has 0 N–H and O–H groups in total. The SMILES string of the molecule is CCCCCCCCOc1ccc(CSC2C[C@H](C)[C@@H](CC)S2)cc1.CCOC1C[C@H](C)[C@@H](CC)S1. The molecule has 2 aliphatic heterocycles. The molecule has 1 aromatic rings. The Kier molecular flexibility index (Phi) is 17.1. The van der Waals surface area contributed by atoms with E-state index in [1.165, 1.54) is 69.8 Å². The van der Waals surface area contributed by atoms with E-state index in [1.807, 2.05) is 11.8 Å². The number of rotatable bonds is 15. The largest absolute Gasteiger partial charge is 0.494 e. The van der Waals surface area contributed by atoms with Gasteiger partial charge in [0.25, 0.3) is 0 Å². The summed E-state index contributed by atoms with van der Waals surface area (Å²) < 4.78 is 12.2. The van der Waals surface area contributed by atoms with E-state index in [9.17, 15) is 0 Å². The third-order valence-corrected chi connectivity index (χ3v) is 12.6. The molecule has 0 aliphatic carbocycles. The Balaban J connectivity index is 0.000000346. The molecule has 5 heteroatoms. The van der Waals surface area contributed by atoms with E-state index in [1.54, 1.807) is 0 Å². The minimum Gasteiger partial charge on any atom is -0.494 e. The third kappa shape index (κ3) is 12.3. The highest BCUT2D eigenvalue weighted by Gasteiger charge is 2.31. The molecular formula is C31H54O2S3. The van der Waals surface area contributed by atoms with Crippen LogP contribution in [0.4, 0.5) is 0 Å². The number of hydrogen-bond acceptors (Lipinski definition) is 5. The summed E-state index contributed by atoms with van der Waals surface area (Å²) in [5, 5.41) is 1.71. The van der Waals surface area contributed by atoms with Gasteiger partial charge in [-0.05, 0) is 68.6 Å². The Labute approximate surface area is 236 Å². The lowest BCUT2D eigenvalue weighted by atomic mass is 10.0. The second kappa shape index (κ2) is 19.1. The van der Waals surface area contributed by atoms with Gasteiger partial charge in [0.2, 0.25) is 0 Å². The van der Waals surface area contributed by atoms with Crippen molar-refractivity contribution in [1.82, 2.24) is 0 Å². The molecule has 2 nitrogen and oxygen atoms in total. The lowest BCUT2D eigenvalue weighted by molar-refractivity contribution is 0.116. The van der Waals surface area contributed by atoms with Crippen molar-refractivity contribution < 1.29 is 9.47 Å². The number of hydrogen-bond donors (Lipinski definition) is 0. The van der Waals surface area contributed by atoms with E-state index < -0.39 is 0 Å². The zero-order chi connectivity index (χ0) is 26.2. The van der Waals surface area contributed by atoms with Crippen LogP contribution in [0.3, 0.4) is 0 Å². The maximum atomic E-state index is 5.88. The summed E-state index contributed by atoms with van der Waals surface area (Å²) in [5.74, 6) is 3.88. The van der Waals surface area contributed by atoms with E-state index in [4.69, 9.17) is 9.47 Å². The highest BCUT2D eigenvalue weighted by Crippen LogP contribution is 2.46. The number of benzene rings is 1. The summed E-state index contributed by atoms with van der Waals surface area (Å²) in [6.45, 7) is 15.4. The fourth-order valence-corrected chi connectivity index (χ4v) is 9.95. The van der Waals surface area contributed by atoms with Gasteiger partial charge in [0.1, 0.15) is 11.2 Å². The minimum atomic E-state index is 0.486. The Bertz CT molecular complexity index is 668. The standard InChI is InChI=1S/C22H36OS2.C9H18OS/c1-4-6-7-8-9-10-15-23-20-13-11-19(12-14-20)17-24-22-16-18(3)21(5-2)25-22;1-4-8-7(3)6-9(11-8)10-5-2/h11-14,18,21-22H,4-10,15-17H2,1-3H3;7-9H,4-6H2,1-3H3/t18-,21+,22?;7-,8+,9?/m00/s1. The number of unbranched alkanes of at least 4 members (excludes halogenated alkanes) is 5. The molecule has 3 rings (SSSR count). The van der Waals surface area contributed by atoms with Crippen LogP contribution in [0.5, 0.6) is 5.75 Å². The van der Waals surface area contributed by atoms with E-state index in [0.29, 0.717) is 5.44 Å². The molecule has 208 valence electrons. The van der Waals surface area contributed by atoms with Crippen molar-refractivity contribution in [2.24, 2.45) is 11.8 Å². The predicted octanol–water partition coefficient (Wildman–Crippen LogP) is 10.4. The molecule has 0 bridgehead atoms. The molecule has 2 heterocycles. The van der Waals surface area contributed by atoms with Crippen molar-refractivity contribution in [3.63, 3.8) is 0 Å². The molecule has 2 saturated heterocycles. The van der Waals surface area contributed by atoms with E-state index >= 15 is 0 Å². The first kappa shape index (κ1) is 32.2. The predicted molar refractivity (Wildman–Crippen MR) is 167 cm³/mol. The first-order valence-corrected chi connectivity index (χ1v) is 17.7. The molecule has 0 spiro atoms. The first-order chi connectivity index (χ1) is 17.5. The second-order valence-electron chi connectivity index (χ2n) is 10.5. The van der Waals surface area contributed by atoms with Crippen molar-refractivity contribution in [3.05, 3.63) is 29.8 Å². The molecule has 0 amide bonds. The molecule has 6 atom stereocenters. The Morgan fingerprint density at radius 1 is 0.806 bits per heavy atom. The summed E-state index contributed by atoms with van der Waals surface area (Å²) in [5.41, 5.74) is 1.91. The Morgan fingerprint density at radius 3 is 2.06 bits per heavy atom. The fraction of sp³-hybridized carbons (Fsp3) is 0.806. The summed E-state index contributed by atoms with van der Waals surface area (Å²) in [4.78, 5) is 0. The van der Waals surface area contributed by atoms with Crippen LogP contribution in [0.2, 0.25) is 0 Å². The average Bonchev–Trinajstić information content (AvgIpc) is 3.44. The lowest BCUT2D eigenvalue weighted by Gasteiger charge is -2.11. The minimum absolute atomic E-state index is 0.486. The zero-order valence-electron chi connectivity index (χ0n) is 24.0. The Hall–Kier alpha value is 0.0300. The molecule has 1 aromatic carbocycles. The van der Waals surface area contributed by atoms with Crippen molar-refractivity contribution in [2.75, 3.05) is 13.2 Å². The van der Waals surface area contributed by atoms with Crippen molar-refractivity contribution >= 4 is 35.3 Å². The zero-order valence-corrected chi connectivity index (χ0v) is 26.5. The molecule has 2 unspecified atom stereocenters. The van der Waals surface area contributed by atoms with Crippen LogP contribution < -0.4 is 4.74 Å². The van der Waals surface area contributed by atoms with E-state index in [2.05, 4.69) is 89.3 Å². The maximum absolute atomic E-state index is 5.88. The van der Waals surface area contributed by atoms with Crippen molar-refractivity contribution in [2.45, 2.75) is 132 Å². The van der Waals surface area contributed by atoms with Gasteiger partial charge in [0.05, 0.1) is 11.2 Å². The number of thioether (sulfide) groups is 3. The summed E-state index contributed by atoms with van der Waals surface area (Å²) in [6.07, 6.45) is 13.1. The van der Waals surface area contributed by atoms with Crippen LogP contribution in [0.25, 0.3) is 0 Å². The molecule has 2 aliphatic rings. The van der Waals surface area contributed by atoms with Crippen molar-refractivity contribution in [3.8, 4) is 5.75 Å². The van der Waals surface area contributed by atoms with Crippen LogP contribution >= 0.6 is 35.3 Å². The third-order valence-electron chi connectivity index (χ3n) is 7.33. The lowest BCUT2D eigenvalue weighted by Crippen LogP contribution is -2.05. The topological polar surface area (TPSA) is 18.5 Å². The normalized spacial score (nSPS) is 27.6. The van der Waals surface area contributed by atoms with E-state index in [0.717, 1.165) is 51.6 Å². The monoisotopic (exact) mass is 554 g/mol. The van der Waals surface area contributed by atoms with Crippen molar-refractivity contribution in [1.29, 1.82) is 0 Å². The van der Waals surface area contributed by atoms with Gasteiger partial charge < -0.3 is 9.47 Å². The number of ether oxygens (including phenoxy) is 2. The summed E-state index contributed by atoms with van der Waals surface area (Å²) in [6, 6.07) is 8.77. The smallest absolute Gasteiger partial charge is 0.119 e. The highest BCUT2D eigenvalue weighted by atomic mass is 32.2. The summed E-state index contributed by atoms with van der Waals surface area (Å²) >= 11 is 6.34. The molecule has 0 aromatic heterocycles. The summed E-state index contributed by atoms with van der Waals surface area (Å²) in [7, 11) is 0. The molecule has 0 saturated carbocycles. The highest BCUT2D eigenvalue weighted by molar-refractivity contribution is 8.17. The van der Waals surface area contributed by atoms with Crippen LogP contribution in [0.15, 0.2) is 24.3 Å². The fourth-order valence-electron chi connectivity index (χ4n) is 5.02. The van der Waals surface area contributed by atoms with Crippen LogP contribution in [-0.2, 0) is 10.5 Å². The van der Waals surface area contributed by atoms with E-state index in [-0.39, 0.29) is 0 Å². The van der Waals surface area contributed by atoms with Gasteiger partial charge in [0, 0.05) is 22.9 Å². The molecular weight excluding hydrogens is 501 g/mol. The average molecular weight is 555 g/mol. The maximum Gasteiger partial charge on any atom is 0.119 e. The van der Waals surface area contributed by atoms with Crippen LogP contribution in [0.1, 0.15) is 111 Å². The first-order valence-electron chi connectivity index (χ1n) is 14.8. The Morgan fingerprint density at radius 2 is 1.44 bits per heavy atom. The van der Waals surface area contributed by atoms with Gasteiger partial charge >= 0.3 is 0 Å². The van der Waals surface area contributed by atoms with Crippen LogP contribution in [-0.4, -0.2) is 33.7 Å². The van der Waals surface area contributed by atoms with Gasteiger partial charge in [-0.2, -0.15) is 0 Å².